The van der Waals surface area contributed by atoms with Crippen LogP contribution in [0, 0.1) is 5.92 Å². The van der Waals surface area contributed by atoms with Crippen LogP contribution in [0.25, 0.3) is 0 Å². The van der Waals surface area contributed by atoms with Gasteiger partial charge in [0.25, 0.3) is 0 Å². The Morgan fingerprint density at radius 1 is 1.40 bits per heavy atom. The predicted octanol–water partition coefficient (Wildman–Crippen LogP) is 0.0138. The van der Waals surface area contributed by atoms with Crippen molar-refractivity contribution < 1.29 is 14.9 Å². The van der Waals surface area contributed by atoms with E-state index in [1.165, 1.54) is 0 Å². The molecule has 0 aromatic rings. The first-order valence-corrected chi connectivity index (χ1v) is 3.60. The zero-order valence-corrected chi connectivity index (χ0v) is 6.42. The van der Waals surface area contributed by atoms with Crippen LogP contribution < -0.4 is 0 Å². The molecule has 0 amide bonds. The lowest BCUT2D eigenvalue weighted by molar-refractivity contribution is 0.0707. The molecule has 62 valence electrons. The van der Waals surface area contributed by atoms with Crippen molar-refractivity contribution in [2.45, 2.75) is 13.3 Å². The minimum atomic E-state index is 0.166. The molecule has 0 heterocycles. The standard InChI is InChI=1S/C7H16O3/c1-7(5-9)6-10-4-2-3-8/h7-9H,2-6H2,1H3. The summed E-state index contributed by atoms with van der Waals surface area (Å²) in [5.74, 6) is 0.207. The predicted molar refractivity (Wildman–Crippen MR) is 38.8 cm³/mol. The third-order valence-corrected chi connectivity index (χ3v) is 1.16. The van der Waals surface area contributed by atoms with Gasteiger partial charge < -0.3 is 14.9 Å². The fourth-order valence-electron chi connectivity index (χ4n) is 0.504. The van der Waals surface area contributed by atoms with Crippen molar-refractivity contribution in [1.29, 1.82) is 0 Å². The summed E-state index contributed by atoms with van der Waals surface area (Å²) in [6.45, 7) is 3.42. The van der Waals surface area contributed by atoms with Gasteiger partial charge in [0.1, 0.15) is 0 Å². The molecule has 3 heteroatoms. The van der Waals surface area contributed by atoms with Gasteiger partial charge in [-0.05, 0) is 6.42 Å². The van der Waals surface area contributed by atoms with Crippen molar-refractivity contribution in [1.82, 2.24) is 0 Å². The number of aliphatic hydroxyl groups excluding tert-OH is 2. The molecule has 0 saturated heterocycles. The lowest BCUT2D eigenvalue weighted by atomic mass is 10.2. The fourth-order valence-corrected chi connectivity index (χ4v) is 0.504. The van der Waals surface area contributed by atoms with Gasteiger partial charge in [-0.15, -0.1) is 0 Å². The van der Waals surface area contributed by atoms with Gasteiger partial charge in [-0.25, -0.2) is 0 Å². The summed E-state index contributed by atoms with van der Waals surface area (Å²) < 4.78 is 5.11. The lowest BCUT2D eigenvalue weighted by Crippen LogP contribution is -2.10. The zero-order valence-electron chi connectivity index (χ0n) is 6.42. The van der Waals surface area contributed by atoms with Crippen molar-refractivity contribution in [2.24, 2.45) is 5.92 Å². The second kappa shape index (κ2) is 6.99. The number of hydrogen-bond donors (Lipinski definition) is 2. The fraction of sp³-hybridized carbons (Fsp3) is 1.00. The SMILES string of the molecule is CC(CO)COCCCO. The van der Waals surface area contributed by atoms with Crippen molar-refractivity contribution in [3.05, 3.63) is 0 Å². The molecular weight excluding hydrogens is 132 g/mol. The van der Waals surface area contributed by atoms with Gasteiger partial charge in [-0.1, -0.05) is 6.92 Å². The Morgan fingerprint density at radius 2 is 2.10 bits per heavy atom. The molecular formula is C7H16O3. The molecule has 1 atom stereocenters. The van der Waals surface area contributed by atoms with Crippen molar-refractivity contribution in [3.63, 3.8) is 0 Å². The molecule has 0 fully saturated rings. The van der Waals surface area contributed by atoms with Gasteiger partial charge in [-0.3, -0.25) is 0 Å². The van der Waals surface area contributed by atoms with Crippen LogP contribution >= 0.6 is 0 Å². The van der Waals surface area contributed by atoms with Crippen LogP contribution in [0.4, 0.5) is 0 Å². The Balaban J connectivity index is 2.89. The van der Waals surface area contributed by atoms with E-state index >= 15 is 0 Å². The molecule has 3 nitrogen and oxygen atoms in total. The van der Waals surface area contributed by atoms with E-state index in [1.807, 2.05) is 6.92 Å². The maximum atomic E-state index is 8.56. The monoisotopic (exact) mass is 148 g/mol. The molecule has 1 unspecified atom stereocenters. The van der Waals surface area contributed by atoms with Gasteiger partial charge in [0, 0.05) is 25.7 Å². The van der Waals surface area contributed by atoms with E-state index in [4.69, 9.17) is 14.9 Å². The summed E-state index contributed by atoms with van der Waals surface area (Å²) in [5.41, 5.74) is 0. The normalized spacial score (nSPS) is 13.5. The summed E-state index contributed by atoms with van der Waals surface area (Å²) in [6.07, 6.45) is 0.679. The summed E-state index contributed by atoms with van der Waals surface area (Å²) in [7, 11) is 0. The van der Waals surface area contributed by atoms with E-state index in [0.717, 1.165) is 0 Å². The molecule has 0 aromatic heterocycles. The highest BCUT2D eigenvalue weighted by molar-refractivity contribution is 4.45. The van der Waals surface area contributed by atoms with E-state index in [2.05, 4.69) is 0 Å². The van der Waals surface area contributed by atoms with E-state index in [1.54, 1.807) is 0 Å². The smallest absolute Gasteiger partial charge is 0.0513 e. The first-order valence-electron chi connectivity index (χ1n) is 3.60. The minimum absolute atomic E-state index is 0.166. The maximum Gasteiger partial charge on any atom is 0.0513 e. The van der Waals surface area contributed by atoms with Crippen LogP contribution in [0.5, 0.6) is 0 Å². The Labute approximate surface area is 61.6 Å². The Hall–Kier alpha value is -0.120. The van der Waals surface area contributed by atoms with Crippen LogP contribution in [-0.2, 0) is 4.74 Å². The van der Waals surface area contributed by atoms with Gasteiger partial charge in [0.05, 0.1) is 6.61 Å². The molecule has 0 aromatic carbocycles. The maximum absolute atomic E-state index is 8.56. The Bertz CT molecular complexity index is 65.9. The minimum Gasteiger partial charge on any atom is -0.396 e. The molecule has 0 spiro atoms. The molecule has 0 aliphatic rings. The summed E-state index contributed by atoms with van der Waals surface area (Å²) in [6, 6.07) is 0. The second-order valence-electron chi connectivity index (χ2n) is 2.44. The first kappa shape index (κ1) is 9.88. The number of aliphatic hydroxyl groups is 2. The molecule has 0 rings (SSSR count). The summed E-state index contributed by atoms with van der Waals surface area (Å²) in [4.78, 5) is 0. The van der Waals surface area contributed by atoms with Gasteiger partial charge >= 0.3 is 0 Å². The summed E-state index contributed by atoms with van der Waals surface area (Å²) in [5, 5.41) is 16.9. The average molecular weight is 148 g/mol. The Kier molecular flexibility index (Phi) is 6.91. The molecule has 0 aliphatic heterocycles. The highest BCUT2D eigenvalue weighted by Crippen LogP contribution is 1.93. The van der Waals surface area contributed by atoms with Crippen LogP contribution in [0.2, 0.25) is 0 Å². The van der Waals surface area contributed by atoms with E-state index < -0.39 is 0 Å². The molecule has 0 bridgehead atoms. The van der Waals surface area contributed by atoms with Crippen LogP contribution in [0.1, 0.15) is 13.3 Å². The number of ether oxygens (including phenoxy) is 1. The average Bonchev–Trinajstić information content (AvgIpc) is 1.98. The molecule has 10 heavy (non-hydrogen) atoms. The van der Waals surface area contributed by atoms with Crippen LogP contribution in [0.3, 0.4) is 0 Å². The topological polar surface area (TPSA) is 49.7 Å². The Morgan fingerprint density at radius 3 is 2.60 bits per heavy atom. The second-order valence-corrected chi connectivity index (χ2v) is 2.44. The molecule has 0 saturated carbocycles. The highest BCUT2D eigenvalue weighted by atomic mass is 16.5. The lowest BCUT2D eigenvalue weighted by Gasteiger charge is -2.07. The summed E-state index contributed by atoms with van der Waals surface area (Å²) >= 11 is 0. The molecule has 2 N–H and O–H groups in total. The molecule has 0 aliphatic carbocycles. The quantitative estimate of drug-likeness (QED) is 0.522. The molecule has 0 radical (unpaired) electrons. The van der Waals surface area contributed by atoms with Crippen molar-refractivity contribution in [3.8, 4) is 0 Å². The highest BCUT2D eigenvalue weighted by Gasteiger charge is 1.97. The van der Waals surface area contributed by atoms with Gasteiger partial charge in [-0.2, -0.15) is 0 Å². The van der Waals surface area contributed by atoms with Gasteiger partial charge in [0.2, 0.25) is 0 Å². The largest absolute Gasteiger partial charge is 0.396 e. The van der Waals surface area contributed by atoms with E-state index in [-0.39, 0.29) is 19.1 Å². The third kappa shape index (κ3) is 6.01. The van der Waals surface area contributed by atoms with Crippen molar-refractivity contribution in [2.75, 3.05) is 26.4 Å². The number of rotatable bonds is 6. The van der Waals surface area contributed by atoms with Crippen molar-refractivity contribution >= 4 is 0 Å². The van der Waals surface area contributed by atoms with E-state index in [9.17, 15) is 0 Å². The number of hydrogen-bond acceptors (Lipinski definition) is 3. The zero-order chi connectivity index (χ0) is 7.82. The van der Waals surface area contributed by atoms with Gasteiger partial charge in [0.15, 0.2) is 0 Å². The van der Waals surface area contributed by atoms with Crippen LogP contribution in [-0.4, -0.2) is 36.6 Å². The third-order valence-electron chi connectivity index (χ3n) is 1.16. The van der Waals surface area contributed by atoms with Crippen LogP contribution in [0.15, 0.2) is 0 Å². The first-order chi connectivity index (χ1) is 4.81. The van der Waals surface area contributed by atoms with E-state index in [0.29, 0.717) is 19.6 Å².